The molecule has 0 aliphatic heterocycles. The van der Waals surface area contributed by atoms with Crippen LogP contribution in [-0.2, 0) is 6.42 Å². The molecule has 2 saturated carbocycles. The normalized spacial score (nSPS) is 34.2. The monoisotopic (exact) mass is 255 g/mol. The highest BCUT2D eigenvalue weighted by atomic mass is 15.0. The summed E-state index contributed by atoms with van der Waals surface area (Å²) >= 11 is 0. The van der Waals surface area contributed by atoms with E-state index in [9.17, 15) is 0 Å². The van der Waals surface area contributed by atoms with E-state index in [1.54, 1.807) is 11.1 Å². The zero-order valence-corrected chi connectivity index (χ0v) is 11.8. The summed E-state index contributed by atoms with van der Waals surface area (Å²) in [4.78, 5) is 0. The summed E-state index contributed by atoms with van der Waals surface area (Å²) in [5, 5.41) is 3.99. The first kappa shape index (κ1) is 12.0. The smallest absolute Gasteiger partial charge is 0.0328 e. The Balaban J connectivity index is 1.41. The van der Waals surface area contributed by atoms with Gasteiger partial charge in [0, 0.05) is 12.1 Å². The van der Waals surface area contributed by atoms with Crippen molar-refractivity contribution in [2.24, 2.45) is 11.8 Å². The zero-order chi connectivity index (χ0) is 12.7. The molecule has 4 rings (SSSR count). The fourth-order valence-corrected chi connectivity index (χ4v) is 4.39. The highest BCUT2D eigenvalue weighted by Crippen LogP contribution is 2.44. The molecule has 1 aromatic carbocycles. The zero-order valence-electron chi connectivity index (χ0n) is 11.8. The van der Waals surface area contributed by atoms with Crippen molar-refractivity contribution >= 4 is 0 Å². The molecule has 1 N–H and O–H groups in total. The molecule has 0 heterocycles. The Morgan fingerprint density at radius 2 is 1.79 bits per heavy atom. The van der Waals surface area contributed by atoms with Gasteiger partial charge in [0.1, 0.15) is 0 Å². The molecule has 3 atom stereocenters. The van der Waals surface area contributed by atoms with E-state index in [2.05, 4.69) is 29.6 Å². The number of nitrogens with one attached hydrogen (secondary N) is 1. The van der Waals surface area contributed by atoms with Crippen LogP contribution < -0.4 is 5.32 Å². The van der Waals surface area contributed by atoms with Gasteiger partial charge in [-0.1, -0.05) is 37.1 Å². The predicted molar refractivity (Wildman–Crippen MR) is 79.1 cm³/mol. The molecule has 2 fully saturated rings. The molecule has 3 unspecified atom stereocenters. The molecular formula is C18H25N. The van der Waals surface area contributed by atoms with Gasteiger partial charge in [-0.2, -0.15) is 0 Å². The van der Waals surface area contributed by atoms with Crippen LogP contribution >= 0.6 is 0 Å². The minimum atomic E-state index is 0.638. The van der Waals surface area contributed by atoms with Gasteiger partial charge in [0.25, 0.3) is 0 Å². The number of hydrogen-bond donors (Lipinski definition) is 1. The fourth-order valence-electron chi connectivity index (χ4n) is 4.39. The molecule has 19 heavy (non-hydrogen) atoms. The molecule has 1 aromatic rings. The summed E-state index contributed by atoms with van der Waals surface area (Å²) in [6, 6.07) is 10.5. The van der Waals surface area contributed by atoms with Crippen LogP contribution in [0.4, 0.5) is 0 Å². The third kappa shape index (κ3) is 2.45. The Bertz CT molecular complexity index is 449. The number of hydrogen-bond acceptors (Lipinski definition) is 1. The van der Waals surface area contributed by atoms with Crippen LogP contribution in [0.1, 0.15) is 62.1 Å². The average molecular weight is 255 g/mol. The van der Waals surface area contributed by atoms with Crippen molar-refractivity contribution in [3.05, 3.63) is 35.4 Å². The highest BCUT2D eigenvalue weighted by Gasteiger charge is 2.35. The quantitative estimate of drug-likeness (QED) is 0.852. The van der Waals surface area contributed by atoms with Crippen LogP contribution in [0.3, 0.4) is 0 Å². The van der Waals surface area contributed by atoms with Crippen LogP contribution in [0, 0.1) is 11.8 Å². The molecule has 1 heteroatoms. The number of benzene rings is 1. The Kier molecular flexibility index (Phi) is 3.11. The first-order valence-corrected chi connectivity index (χ1v) is 8.24. The van der Waals surface area contributed by atoms with E-state index < -0.39 is 0 Å². The van der Waals surface area contributed by atoms with Crippen molar-refractivity contribution in [1.29, 1.82) is 0 Å². The minimum absolute atomic E-state index is 0.638. The molecule has 0 amide bonds. The fraction of sp³-hybridized carbons (Fsp3) is 0.667. The summed E-state index contributed by atoms with van der Waals surface area (Å²) in [6.07, 6.45) is 11.4. The molecule has 102 valence electrons. The van der Waals surface area contributed by atoms with Gasteiger partial charge in [0.15, 0.2) is 0 Å². The lowest BCUT2D eigenvalue weighted by molar-refractivity contribution is 0.246. The van der Waals surface area contributed by atoms with Crippen LogP contribution in [0.2, 0.25) is 0 Å². The first-order valence-electron chi connectivity index (χ1n) is 8.24. The van der Waals surface area contributed by atoms with Crippen molar-refractivity contribution in [1.82, 2.24) is 5.32 Å². The van der Waals surface area contributed by atoms with Crippen LogP contribution in [0.25, 0.3) is 0 Å². The Labute approximate surface area is 116 Å². The van der Waals surface area contributed by atoms with Crippen molar-refractivity contribution < 1.29 is 0 Å². The Morgan fingerprint density at radius 1 is 0.895 bits per heavy atom. The number of aryl methyl sites for hydroxylation is 1. The summed E-state index contributed by atoms with van der Waals surface area (Å²) in [6.45, 7) is 0. The lowest BCUT2D eigenvalue weighted by Gasteiger charge is -2.32. The van der Waals surface area contributed by atoms with E-state index in [1.807, 2.05) is 0 Å². The largest absolute Gasteiger partial charge is 0.307 e. The van der Waals surface area contributed by atoms with Crippen molar-refractivity contribution in [2.45, 2.75) is 63.5 Å². The number of fused-ring (bicyclic) bond motifs is 1. The number of rotatable bonds is 3. The summed E-state index contributed by atoms with van der Waals surface area (Å²) in [5.74, 6) is 2.14. The molecule has 0 radical (unpaired) electrons. The van der Waals surface area contributed by atoms with Crippen molar-refractivity contribution in [3.8, 4) is 0 Å². The lowest BCUT2D eigenvalue weighted by atomic mass is 9.82. The van der Waals surface area contributed by atoms with Gasteiger partial charge in [-0.05, 0) is 61.5 Å². The van der Waals surface area contributed by atoms with Crippen LogP contribution in [0.5, 0.6) is 0 Å². The van der Waals surface area contributed by atoms with Gasteiger partial charge in [-0.3, -0.25) is 0 Å². The molecular weight excluding hydrogens is 230 g/mol. The van der Waals surface area contributed by atoms with Crippen LogP contribution in [0.15, 0.2) is 24.3 Å². The van der Waals surface area contributed by atoms with E-state index in [1.165, 1.54) is 51.4 Å². The third-order valence-electron chi connectivity index (χ3n) is 5.57. The second kappa shape index (κ2) is 4.94. The van der Waals surface area contributed by atoms with E-state index in [4.69, 9.17) is 0 Å². The maximum Gasteiger partial charge on any atom is 0.0328 e. The highest BCUT2D eigenvalue weighted by molar-refractivity contribution is 5.34. The minimum Gasteiger partial charge on any atom is -0.307 e. The maximum absolute atomic E-state index is 3.99. The van der Waals surface area contributed by atoms with Gasteiger partial charge in [-0.25, -0.2) is 0 Å². The van der Waals surface area contributed by atoms with E-state index >= 15 is 0 Å². The van der Waals surface area contributed by atoms with Gasteiger partial charge < -0.3 is 5.32 Å². The third-order valence-corrected chi connectivity index (χ3v) is 5.57. The second-order valence-corrected chi connectivity index (χ2v) is 6.92. The van der Waals surface area contributed by atoms with Gasteiger partial charge in [0.05, 0.1) is 0 Å². The molecule has 0 saturated heterocycles. The molecule has 1 nitrogen and oxygen atoms in total. The van der Waals surface area contributed by atoms with E-state index in [0.717, 1.165) is 17.9 Å². The Hall–Kier alpha value is -0.820. The maximum atomic E-state index is 3.99. The second-order valence-electron chi connectivity index (χ2n) is 6.92. The van der Waals surface area contributed by atoms with Gasteiger partial charge in [0.2, 0.25) is 0 Å². The van der Waals surface area contributed by atoms with Crippen molar-refractivity contribution in [3.63, 3.8) is 0 Å². The van der Waals surface area contributed by atoms with Crippen LogP contribution in [-0.4, -0.2) is 6.04 Å². The Morgan fingerprint density at radius 3 is 2.68 bits per heavy atom. The predicted octanol–water partition coefficient (Wildman–Crippen LogP) is 4.23. The average Bonchev–Trinajstić information content (AvgIpc) is 3.23. The molecule has 0 aromatic heterocycles. The van der Waals surface area contributed by atoms with E-state index in [-0.39, 0.29) is 0 Å². The summed E-state index contributed by atoms with van der Waals surface area (Å²) in [7, 11) is 0. The summed E-state index contributed by atoms with van der Waals surface area (Å²) < 4.78 is 0. The summed E-state index contributed by atoms with van der Waals surface area (Å²) in [5.41, 5.74) is 3.16. The molecule has 0 bridgehead atoms. The first-order chi connectivity index (χ1) is 9.40. The van der Waals surface area contributed by atoms with Gasteiger partial charge >= 0.3 is 0 Å². The van der Waals surface area contributed by atoms with Gasteiger partial charge in [-0.15, -0.1) is 0 Å². The molecule has 3 aliphatic carbocycles. The standard InChI is InChI=1S/C18H25N/c1-2-7-17-14(4-1)10-11-18(17)19-16-6-3-5-15(12-16)13-8-9-13/h1-2,4,7,13,15-16,18-19H,3,5-6,8-12H2. The SMILES string of the molecule is c1ccc2c(c1)CCC2NC1CCCC(C2CC2)C1. The lowest BCUT2D eigenvalue weighted by Crippen LogP contribution is -2.36. The molecule has 0 spiro atoms. The van der Waals surface area contributed by atoms with E-state index in [0.29, 0.717) is 6.04 Å². The molecule has 3 aliphatic rings. The van der Waals surface area contributed by atoms with Crippen molar-refractivity contribution in [2.75, 3.05) is 0 Å². The topological polar surface area (TPSA) is 12.0 Å².